The fourth-order valence-corrected chi connectivity index (χ4v) is 1.01. The van der Waals surface area contributed by atoms with Crippen LogP contribution in [0.5, 0.6) is 0 Å². The molecule has 0 spiro atoms. The Morgan fingerprint density at radius 3 is 2.38 bits per heavy atom. The largest absolute Gasteiger partial charge is 0.393 e. The van der Waals surface area contributed by atoms with Gasteiger partial charge < -0.3 is 10.4 Å². The Kier molecular flexibility index (Phi) is 3.77. The van der Waals surface area contributed by atoms with Gasteiger partial charge in [0.25, 0.3) is 0 Å². The van der Waals surface area contributed by atoms with Gasteiger partial charge in [-0.1, -0.05) is 25.1 Å². The lowest BCUT2D eigenvalue weighted by molar-refractivity contribution is 0.141. The average Bonchev–Trinajstić information content (AvgIpc) is 2.15. The van der Waals surface area contributed by atoms with E-state index in [1.54, 1.807) is 0 Å². The zero-order chi connectivity index (χ0) is 9.68. The molecule has 1 rings (SSSR count). The molecule has 0 aliphatic rings. The van der Waals surface area contributed by atoms with Crippen molar-refractivity contribution < 1.29 is 5.11 Å². The van der Waals surface area contributed by atoms with Gasteiger partial charge in [-0.2, -0.15) is 0 Å². The molecule has 2 heteroatoms. The van der Waals surface area contributed by atoms with E-state index in [2.05, 4.69) is 5.32 Å². The summed E-state index contributed by atoms with van der Waals surface area (Å²) in [4.78, 5) is 0. The number of benzene rings is 1. The first-order valence-electron chi connectivity index (χ1n) is 4.67. The van der Waals surface area contributed by atoms with E-state index >= 15 is 0 Å². The SMILES string of the molecule is CC(O)C(C)CNc1ccccc1. The quantitative estimate of drug-likeness (QED) is 0.742. The first kappa shape index (κ1) is 10.1. The normalized spacial score (nSPS) is 15.0. The zero-order valence-corrected chi connectivity index (χ0v) is 8.20. The van der Waals surface area contributed by atoms with E-state index in [9.17, 15) is 5.11 Å². The third kappa shape index (κ3) is 3.47. The Hall–Kier alpha value is -1.02. The maximum absolute atomic E-state index is 9.26. The zero-order valence-electron chi connectivity index (χ0n) is 8.20. The molecule has 0 saturated heterocycles. The van der Waals surface area contributed by atoms with Crippen molar-refractivity contribution in [2.75, 3.05) is 11.9 Å². The van der Waals surface area contributed by atoms with Crippen LogP contribution in [0.15, 0.2) is 30.3 Å². The highest BCUT2D eigenvalue weighted by Gasteiger charge is 2.07. The van der Waals surface area contributed by atoms with Crippen LogP contribution >= 0.6 is 0 Å². The molecule has 0 radical (unpaired) electrons. The van der Waals surface area contributed by atoms with Crippen molar-refractivity contribution in [1.29, 1.82) is 0 Å². The predicted octanol–water partition coefficient (Wildman–Crippen LogP) is 2.12. The van der Waals surface area contributed by atoms with Gasteiger partial charge in [0.2, 0.25) is 0 Å². The molecule has 2 unspecified atom stereocenters. The van der Waals surface area contributed by atoms with Crippen molar-refractivity contribution in [1.82, 2.24) is 0 Å². The van der Waals surface area contributed by atoms with Crippen LogP contribution in [0.1, 0.15) is 13.8 Å². The van der Waals surface area contributed by atoms with Gasteiger partial charge in [-0.3, -0.25) is 0 Å². The minimum Gasteiger partial charge on any atom is -0.393 e. The summed E-state index contributed by atoms with van der Waals surface area (Å²) in [5.74, 6) is 0.278. The number of anilines is 1. The Morgan fingerprint density at radius 2 is 1.85 bits per heavy atom. The summed E-state index contributed by atoms with van der Waals surface area (Å²) in [6, 6.07) is 10.0. The Balaban J connectivity index is 2.35. The molecule has 0 amide bonds. The number of aliphatic hydroxyl groups excluding tert-OH is 1. The van der Waals surface area contributed by atoms with Gasteiger partial charge in [-0.05, 0) is 25.0 Å². The van der Waals surface area contributed by atoms with Gasteiger partial charge in [-0.15, -0.1) is 0 Å². The number of aliphatic hydroxyl groups is 1. The second kappa shape index (κ2) is 4.87. The Labute approximate surface area is 79.6 Å². The molecule has 2 nitrogen and oxygen atoms in total. The maximum atomic E-state index is 9.26. The van der Waals surface area contributed by atoms with Crippen molar-refractivity contribution in [2.45, 2.75) is 20.0 Å². The van der Waals surface area contributed by atoms with Gasteiger partial charge in [-0.25, -0.2) is 0 Å². The van der Waals surface area contributed by atoms with Crippen LogP contribution in [0.3, 0.4) is 0 Å². The summed E-state index contributed by atoms with van der Waals surface area (Å²) in [5, 5.41) is 12.5. The van der Waals surface area contributed by atoms with Crippen LogP contribution in [-0.4, -0.2) is 17.8 Å². The lowest BCUT2D eigenvalue weighted by Crippen LogP contribution is -2.21. The third-order valence-electron chi connectivity index (χ3n) is 2.23. The third-order valence-corrected chi connectivity index (χ3v) is 2.23. The molecule has 1 aromatic carbocycles. The topological polar surface area (TPSA) is 32.3 Å². The molecule has 72 valence electrons. The highest BCUT2D eigenvalue weighted by Crippen LogP contribution is 2.08. The molecule has 0 aliphatic heterocycles. The van der Waals surface area contributed by atoms with Gasteiger partial charge in [0.1, 0.15) is 0 Å². The number of hydrogen-bond donors (Lipinski definition) is 2. The summed E-state index contributed by atoms with van der Waals surface area (Å²) in [5.41, 5.74) is 1.11. The highest BCUT2D eigenvalue weighted by atomic mass is 16.3. The molecule has 0 bridgehead atoms. The Morgan fingerprint density at radius 1 is 1.23 bits per heavy atom. The fraction of sp³-hybridized carbons (Fsp3) is 0.455. The smallest absolute Gasteiger partial charge is 0.0554 e. The lowest BCUT2D eigenvalue weighted by Gasteiger charge is -2.15. The van der Waals surface area contributed by atoms with Crippen molar-refractivity contribution >= 4 is 5.69 Å². The highest BCUT2D eigenvalue weighted by molar-refractivity contribution is 5.42. The predicted molar refractivity (Wildman–Crippen MR) is 55.8 cm³/mol. The first-order valence-corrected chi connectivity index (χ1v) is 4.67. The molecule has 13 heavy (non-hydrogen) atoms. The minimum absolute atomic E-state index is 0.254. The van der Waals surface area contributed by atoms with Gasteiger partial charge in [0.05, 0.1) is 6.10 Å². The van der Waals surface area contributed by atoms with Crippen LogP contribution in [0, 0.1) is 5.92 Å². The standard InChI is InChI=1S/C11H17NO/c1-9(10(2)13)8-12-11-6-4-3-5-7-11/h3-7,9-10,12-13H,8H2,1-2H3. The van der Waals surface area contributed by atoms with Crippen LogP contribution in [0.25, 0.3) is 0 Å². The molecule has 0 fully saturated rings. The van der Waals surface area contributed by atoms with E-state index in [1.165, 1.54) is 0 Å². The molecule has 0 aromatic heterocycles. The van der Waals surface area contributed by atoms with Gasteiger partial charge >= 0.3 is 0 Å². The minimum atomic E-state index is -0.254. The summed E-state index contributed by atoms with van der Waals surface area (Å²) in [6.07, 6.45) is -0.254. The van der Waals surface area contributed by atoms with Crippen molar-refractivity contribution in [3.8, 4) is 0 Å². The number of hydrogen-bond acceptors (Lipinski definition) is 2. The van der Waals surface area contributed by atoms with Crippen molar-refractivity contribution in [3.63, 3.8) is 0 Å². The number of nitrogens with one attached hydrogen (secondary N) is 1. The monoisotopic (exact) mass is 179 g/mol. The summed E-state index contributed by atoms with van der Waals surface area (Å²) in [7, 11) is 0. The van der Waals surface area contributed by atoms with Gasteiger partial charge in [0.15, 0.2) is 0 Å². The fourth-order valence-electron chi connectivity index (χ4n) is 1.01. The van der Waals surface area contributed by atoms with E-state index in [0.717, 1.165) is 12.2 Å². The van der Waals surface area contributed by atoms with Crippen LogP contribution < -0.4 is 5.32 Å². The molecule has 0 saturated carbocycles. The van der Waals surface area contributed by atoms with E-state index in [0.29, 0.717) is 0 Å². The second-order valence-electron chi connectivity index (χ2n) is 3.46. The van der Waals surface area contributed by atoms with E-state index < -0.39 is 0 Å². The molecule has 1 aromatic rings. The first-order chi connectivity index (χ1) is 6.20. The van der Waals surface area contributed by atoms with Crippen LogP contribution in [-0.2, 0) is 0 Å². The van der Waals surface area contributed by atoms with E-state index in [-0.39, 0.29) is 12.0 Å². The molecule has 2 N–H and O–H groups in total. The summed E-state index contributed by atoms with van der Waals surface area (Å²) < 4.78 is 0. The molecular weight excluding hydrogens is 162 g/mol. The van der Waals surface area contributed by atoms with E-state index in [4.69, 9.17) is 0 Å². The average molecular weight is 179 g/mol. The molecular formula is C11H17NO. The van der Waals surface area contributed by atoms with Crippen LogP contribution in [0.4, 0.5) is 5.69 Å². The van der Waals surface area contributed by atoms with E-state index in [1.807, 2.05) is 44.2 Å². The summed E-state index contributed by atoms with van der Waals surface area (Å²) >= 11 is 0. The number of para-hydroxylation sites is 1. The summed E-state index contributed by atoms with van der Waals surface area (Å²) in [6.45, 7) is 4.65. The molecule has 2 atom stereocenters. The molecule has 0 aliphatic carbocycles. The Bertz CT molecular complexity index is 233. The number of rotatable bonds is 4. The van der Waals surface area contributed by atoms with Crippen molar-refractivity contribution in [3.05, 3.63) is 30.3 Å². The van der Waals surface area contributed by atoms with Crippen LogP contribution in [0.2, 0.25) is 0 Å². The van der Waals surface area contributed by atoms with Gasteiger partial charge in [0, 0.05) is 12.2 Å². The molecule has 0 heterocycles. The maximum Gasteiger partial charge on any atom is 0.0554 e. The lowest BCUT2D eigenvalue weighted by atomic mass is 10.1. The van der Waals surface area contributed by atoms with Crippen molar-refractivity contribution in [2.24, 2.45) is 5.92 Å². The second-order valence-corrected chi connectivity index (χ2v) is 3.46.